The summed E-state index contributed by atoms with van der Waals surface area (Å²) in [4.78, 5) is 10.1. The summed E-state index contributed by atoms with van der Waals surface area (Å²) in [6.07, 6.45) is 1.32. The Labute approximate surface area is 53.9 Å². The minimum absolute atomic E-state index is 0.307. The van der Waals surface area contributed by atoms with Gasteiger partial charge in [0, 0.05) is 6.42 Å². The Kier molecular flexibility index (Phi) is 1.71. The summed E-state index contributed by atoms with van der Waals surface area (Å²) in [5.41, 5.74) is 5.31. The average molecular weight is 129 g/mol. The van der Waals surface area contributed by atoms with Crippen molar-refractivity contribution in [2.75, 3.05) is 6.54 Å². The van der Waals surface area contributed by atoms with Gasteiger partial charge in [0.05, 0.1) is 0 Å². The Morgan fingerprint density at radius 2 is 2.33 bits per heavy atom. The molecule has 3 heteroatoms. The molecule has 1 aliphatic carbocycles. The first-order valence-electron chi connectivity index (χ1n) is 3.16. The van der Waals surface area contributed by atoms with Crippen LogP contribution in [-0.2, 0) is 4.79 Å². The molecule has 1 aliphatic rings. The number of carboxylic acid groups (broad SMARTS) is 1. The van der Waals surface area contributed by atoms with Crippen LogP contribution in [0.3, 0.4) is 0 Å². The predicted molar refractivity (Wildman–Crippen MR) is 32.9 cm³/mol. The van der Waals surface area contributed by atoms with Crippen LogP contribution in [0.4, 0.5) is 0 Å². The molecule has 0 heterocycles. The molecule has 0 bridgehead atoms. The van der Waals surface area contributed by atoms with E-state index in [0.717, 1.165) is 6.42 Å². The molecular weight excluding hydrogens is 118 g/mol. The van der Waals surface area contributed by atoms with Crippen molar-refractivity contribution in [2.45, 2.75) is 12.8 Å². The maximum atomic E-state index is 10.1. The number of rotatable bonds is 3. The summed E-state index contributed by atoms with van der Waals surface area (Å²) in [5, 5.41) is 8.30. The fraction of sp³-hybridized carbons (Fsp3) is 0.833. The zero-order valence-corrected chi connectivity index (χ0v) is 5.21. The summed E-state index contributed by atoms with van der Waals surface area (Å²) >= 11 is 0. The van der Waals surface area contributed by atoms with E-state index in [2.05, 4.69) is 0 Å². The van der Waals surface area contributed by atoms with Crippen LogP contribution < -0.4 is 5.73 Å². The normalized spacial score (nSPS) is 32.1. The number of hydrogen-bond donors (Lipinski definition) is 2. The topological polar surface area (TPSA) is 63.3 Å². The zero-order valence-electron chi connectivity index (χ0n) is 5.21. The first-order valence-corrected chi connectivity index (χ1v) is 3.16. The monoisotopic (exact) mass is 129 g/mol. The molecule has 1 fully saturated rings. The predicted octanol–water partition coefficient (Wildman–Crippen LogP) is 0.0559. The van der Waals surface area contributed by atoms with Gasteiger partial charge in [0.1, 0.15) is 0 Å². The van der Waals surface area contributed by atoms with Crippen molar-refractivity contribution >= 4 is 5.97 Å². The van der Waals surface area contributed by atoms with E-state index in [9.17, 15) is 4.79 Å². The summed E-state index contributed by atoms with van der Waals surface area (Å²) in [7, 11) is 0. The van der Waals surface area contributed by atoms with Crippen molar-refractivity contribution in [1.29, 1.82) is 0 Å². The molecule has 0 spiro atoms. The van der Waals surface area contributed by atoms with Crippen LogP contribution in [-0.4, -0.2) is 17.6 Å². The van der Waals surface area contributed by atoms with Crippen LogP contribution in [0.5, 0.6) is 0 Å². The van der Waals surface area contributed by atoms with E-state index >= 15 is 0 Å². The molecule has 2 atom stereocenters. The third-order valence-corrected chi connectivity index (χ3v) is 1.81. The summed E-state index contributed by atoms with van der Waals surface area (Å²) in [6.45, 7) is 0.651. The van der Waals surface area contributed by atoms with Crippen molar-refractivity contribution < 1.29 is 9.90 Å². The van der Waals surface area contributed by atoms with Gasteiger partial charge in [0.15, 0.2) is 0 Å². The first kappa shape index (κ1) is 6.55. The maximum Gasteiger partial charge on any atom is 0.303 e. The third kappa shape index (κ3) is 1.68. The fourth-order valence-electron chi connectivity index (χ4n) is 1.07. The molecule has 1 rings (SSSR count). The molecule has 0 saturated heterocycles. The molecule has 3 N–H and O–H groups in total. The first-order chi connectivity index (χ1) is 4.24. The van der Waals surface area contributed by atoms with Gasteiger partial charge in [-0.15, -0.1) is 0 Å². The van der Waals surface area contributed by atoms with E-state index in [0.29, 0.717) is 24.8 Å². The second-order valence-electron chi connectivity index (χ2n) is 2.59. The summed E-state index contributed by atoms with van der Waals surface area (Å²) in [5.74, 6) is 0.185. The number of hydrogen-bond acceptors (Lipinski definition) is 2. The lowest BCUT2D eigenvalue weighted by Gasteiger charge is -1.89. The third-order valence-electron chi connectivity index (χ3n) is 1.81. The highest BCUT2D eigenvalue weighted by Gasteiger charge is 2.36. The van der Waals surface area contributed by atoms with Crippen molar-refractivity contribution in [1.82, 2.24) is 0 Å². The Balaban J connectivity index is 2.12. The van der Waals surface area contributed by atoms with E-state index in [4.69, 9.17) is 10.8 Å². The molecule has 0 aromatic carbocycles. The lowest BCUT2D eigenvalue weighted by molar-refractivity contribution is -0.137. The second kappa shape index (κ2) is 2.35. The second-order valence-corrected chi connectivity index (χ2v) is 2.59. The van der Waals surface area contributed by atoms with E-state index < -0.39 is 5.97 Å². The van der Waals surface area contributed by atoms with Gasteiger partial charge in [0.25, 0.3) is 0 Å². The highest BCUT2D eigenvalue weighted by molar-refractivity contribution is 5.67. The molecule has 3 nitrogen and oxygen atoms in total. The molecule has 0 aliphatic heterocycles. The van der Waals surface area contributed by atoms with Crippen molar-refractivity contribution in [3.8, 4) is 0 Å². The molecule has 52 valence electrons. The van der Waals surface area contributed by atoms with Gasteiger partial charge in [-0.3, -0.25) is 4.79 Å². The number of carboxylic acids is 1. The molecule has 0 amide bonds. The van der Waals surface area contributed by atoms with E-state index in [1.54, 1.807) is 0 Å². The number of aliphatic carboxylic acids is 1. The molecular formula is C6H11NO2. The van der Waals surface area contributed by atoms with Crippen LogP contribution in [0.2, 0.25) is 0 Å². The van der Waals surface area contributed by atoms with E-state index in [1.165, 1.54) is 0 Å². The van der Waals surface area contributed by atoms with Gasteiger partial charge in [-0.05, 0) is 24.8 Å². The van der Waals surface area contributed by atoms with Crippen molar-refractivity contribution in [2.24, 2.45) is 17.6 Å². The minimum atomic E-state index is -0.698. The standard InChI is InChI=1S/C6H11NO2/c7-3-5-1-4(5)2-6(8)9/h4-5H,1-3,7H2,(H,8,9)/t4-,5+/m1/s1. The molecule has 0 radical (unpaired) electrons. The summed E-state index contributed by atoms with van der Waals surface area (Å²) in [6, 6.07) is 0. The van der Waals surface area contributed by atoms with Crippen molar-refractivity contribution in [3.05, 3.63) is 0 Å². The molecule has 0 aromatic heterocycles. The highest BCUT2D eigenvalue weighted by Crippen LogP contribution is 2.39. The van der Waals surface area contributed by atoms with Crippen LogP contribution in [0, 0.1) is 11.8 Å². The zero-order chi connectivity index (χ0) is 6.85. The largest absolute Gasteiger partial charge is 0.481 e. The van der Waals surface area contributed by atoms with Crippen LogP contribution in [0.25, 0.3) is 0 Å². The van der Waals surface area contributed by atoms with Crippen molar-refractivity contribution in [3.63, 3.8) is 0 Å². The highest BCUT2D eigenvalue weighted by atomic mass is 16.4. The Bertz CT molecular complexity index is 124. The fourth-order valence-corrected chi connectivity index (χ4v) is 1.07. The number of nitrogens with two attached hydrogens (primary N) is 1. The van der Waals surface area contributed by atoms with Gasteiger partial charge in [-0.1, -0.05) is 0 Å². The maximum absolute atomic E-state index is 10.1. The lowest BCUT2D eigenvalue weighted by Crippen LogP contribution is -2.04. The van der Waals surface area contributed by atoms with Gasteiger partial charge in [0.2, 0.25) is 0 Å². The Morgan fingerprint density at radius 3 is 2.67 bits per heavy atom. The van der Waals surface area contributed by atoms with Gasteiger partial charge >= 0.3 is 5.97 Å². The van der Waals surface area contributed by atoms with Gasteiger partial charge in [-0.25, -0.2) is 0 Å². The van der Waals surface area contributed by atoms with Crippen LogP contribution in [0.1, 0.15) is 12.8 Å². The van der Waals surface area contributed by atoms with E-state index in [-0.39, 0.29) is 0 Å². The molecule has 1 saturated carbocycles. The Hall–Kier alpha value is -0.570. The van der Waals surface area contributed by atoms with E-state index in [1.807, 2.05) is 0 Å². The number of carbonyl (C=O) groups is 1. The summed E-state index contributed by atoms with van der Waals surface area (Å²) < 4.78 is 0. The quantitative estimate of drug-likeness (QED) is 0.566. The Morgan fingerprint density at radius 1 is 1.67 bits per heavy atom. The van der Waals surface area contributed by atoms with Crippen LogP contribution >= 0.6 is 0 Å². The van der Waals surface area contributed by atoms with Crippen LogP contribution in [0.15, 0.2) is 0 Å². The molecule has 9 heavy (non-hydrogen) atoms. The van der Waals surface area contributed by atoms with Gasteiger partial charge in [-0.2, -0.15) is 0 Å². The molecule has 0 unspecified atom stereocenters. The average Bonchev–Trinajstić information content (AvgIpc) is 2.45. The smallest absolute Gasteiger partial charge is 0.303 e. The SMILES string of the molecule is NC[C@@H]1C[C@@H]1CC(=O)O. The van der Waals surface area contributed by atoms with Gasteiger partial charge < -0.3 is 10.8 Å². The lowest BCUT2D eigenvalue weighted by atomic mass is 10.2. The minimum Gasteiger partial charge on any atom is -0.481 e. The molecule has 0 aromatic rings.